The van der Waals surface area contributed by atoms with Crippen LogP contribution >= 0.6 is 0 Å². The highest BCUT2D eigenvalue weighted by Crippen LogP contribution is 2.22. The zero-order valence-electron chi connectivity index (χ0n) is 13.7. The monoisotopic (exact) mass is 281 g/mol. The minimum Gasteiger partial charge on any atom is -0.312 e. The maximum atomic E-state index is 3.59. The SMILES string of the molecule is CC(C)c1ccc(CNCC(C)(C)c2ccccc2)cc1. The molecule has 0 saturated carbocycles. The molecule has 0 aliphatic carbocycles. The predicted molar refractivity (Wildman–Crippen MR) is 91.7 cm³/mol. The Morgan fingerprint density at radius 3 is 2.10 bits per heavy atom. The molecule has 0 unspecified atom stereocenters. The highest BCUT2D eigenvalue weighted by atomic mass is 14.9. The van der Waals surface area contributed by atoms with Crippen LogP contribution in [0.25, 0.3) is 0 Å². The molecule has 0 atom stereocenters. The molecule has 0 amide bonds. The van der Waals surface area contributed by atoms with Crippen LogP contribution in [0, 0.1) is 0 Å². The minimum atomic E-state index is 0.152. The van der Waals surface area contributed by atoms with Crippen molar-refractivity contribution < 1.29 is 0 Å². The summed E-state index contributed by atoms with van der Waals surface area (Å²) >= 11 is 0. The fourth-order valence-electron chi connectivity index (χ4n) is 2.53. The van der Waals surface area contributed by atoms with E-state index in [-0.39, 0.29) is 5.41 Å². The van der Waals surface area contributed by atoms with Gasteiger partial charge in [-0.2, -0.15) is 0 Å². The average Bonchev–Trinajstić information content (AvgIpc) is 2.48. The van der Waals surface area contributed by atoms with Gasteiger partial charge in [0.1, 0.15) is 0 Å². The Bertz CT molecular complexity index is 538. The second kappa shape index (κ2) is 6.91. The van der Waals surface area contributed by atoms with Crippen LogP contribution in [0.5, 0.6) is 0 Å². The van der Waals surface area contributed by atoms with Crippen molar-refractivity contribution in [3.63, 3.8) is 0 Å². The molecule has 0 radical (unpaired) electrons. The topological polar surface area (TPSA) is 12.0 Å². The van der Waals surface area contributed by atoms with E-state index >= 15 is 0 Å². The fraction of sp³-hybridized carbons (Fsp3) is 0.400. The molecule has 1 N–H and O–H groups in total. The van der Waals surface area contributed by atoms with E-state index in [0.29, 0.717) is 5.92 Å². The molecule has 0 aromatic heterocycles. The van der Waals surface area contributed by atoms with Gasteiger partial charge >= 0.3 is 0 Å². The highest BCUT2D eigenvalue weighted by molar-refractivity contribution is 5.26. The number of hydrogen-bond acceptors (Lipinski definition) is 1. The van der Waals surface area contributed by atoms with Gasteiger partial charge < -0.3 is 5.32 Å². The van der Waals surface area contributed by atoms with Crippen LogP contribution in [0.1, 0.15) is 50.3 Å². The second-order valence-corrected chi connectivity index (χ2v) is 6.75. The molecule has 0 bridgehead atoms. The molecule has 0 aliphatic heterocycles. The molecule has 0 fully saturated rings. The second-order valence-electron chi connectivity index (χ2n) is 6.75. The lowest BCUT2D eigenvalue weighted by Gasteiger charge is -2.25. The Morgan fingerprint density at radius 2 is 1.52 bits per heavy atom. The first-order valence-electron chi connectivity index (χ1n) is 7.84. The van der Waals surface area contributed by atoms with Crippen LogP contribution in [0.4, 0.5) is 0 Å². The molecule has 0 aliphatic rings. The third-order valence-corrected chi connectivity index (χ3v) is 4.10. The highest BCUT2D eigenvalue weighted by Gasteiger charge is 2.19. The lowest BCUT2D eigenvalue weighted by Crippen LogP contribution is -2.32. The van der Waals surface area contributed by atoms with Crippen LogP contribution in [0.3, 0.4) is 0 Å². The standard InChI is InChI=1S/C20H27N/c1-16(2)18-12-10-17(11-13-18)14-21-15-20(3,4)19-8-6-5-7-9-19/h5-13,16,21H,14-15H2,1-4H3. The summed E-state index contributed by atoms with van der Waals surface area (Å²) in [6.07, 6.45) is 0. The van der Waals surface area contributed by atoms with E-state index in [1.54, 1.807) is 0 Å². The van der Waals surface area contributed by atoms with Gasteiger partial charge in [0.25, 0.3) is 0 Å². The van der Waals surface area contributed by atoms with Crippen molar-refractivity contribution in [1.82, 2.24) is 5.32 Å². The maximum absolute atomic E-state index is 3.59. The number of rotatable bonds is 6. The molecule has 0 heterocycles. The first kappa shape index (κ1) is 15.8. The summed E-state index contributed by atoms with van der Waals surface area (Å²) in [5.74, 6) is 0.601. The molecule has 0 spiro atoms. The Morgan fingerprint density at radius 1 is 0.905 bits per heavy atom. The van der Waals surface area contributed by atoms with E-state index in [2.05, 4.69) is 87.6 Å². The Balaban J connectivity index is 1.89. The van der Waals surface area contributed by atoms with Crippen molar-refractivity contribution in [3.8, 4) is 0 Å². The zero-order chi connectivity index (χ0) is 15.3. The van der Waals surface area contributed by atoms with Gasteiger partial charge in [-0.25, -0.2) is 0 Å². The lowest BCUT2D eigenvalue weighted by atomic mass is 9.84. The number of nitrogens with one attached hydrogen (secondary N) is 1. The molecule has 1 heteroatoms. The van der Waals surface area contributed by atoms with Gasteiger partial charge in [-0.05, 0) is 22.6 Å². The first-order chi connectivity index (χ1) is 9.99. The van der Waals surface area contributed by atoms with Gasteiger partial charge in [0.05, 0.1) is 0 Å². The van der Waals surface area contributed by atoms with E-state index < -0.39 is 0 Å². The summed E-state index contributed by atoms with van der Waals surface area (Å²) < 4.78 is 0. The first-order valence-corrected chi connectivity index (χ1v) is 7.84. The lowest BCUT2D eigenvalue weighted by molar-refractivity contribution is 0.469. The molecule has 21 heavy (non-hydrogen) atoms. The van der Waals surface area contributed by atoms with E-state index in [0.717, 1.165) is 13.1 Å². The summed E-state index contributed by atoms with van der Waals surface area (Å²) in [5.41, 5.74) is 4.29. The Kier molecular flexibility index (Phi) is 5.19. The van der Waals surface area contributed by atoms with Gasteiger partial charge in [0.2, 0.25) is 0 Å². The molecule has 112 valence electrons. The largest absolute Gasteiger partial charge is 0.312 e. The number of benzene rings is 2. The summed E-state index contributed by atoms with van der Waals surface area (Å²) in [4.78, 5) is 0. The molecule has 1 nitrogen and oxygen atoms in total. The van der Waals surface area contributed by atoms with E-state index in [9.17, 15) is 0 Å². The van der Waals surface area contributed by atoms with Gasteiger partial charge in [-0.1, -0.05) is 82.3 Å². The van der Waals surface area contributed by atoms with Crippen LogP contribution in [0.2, 0.25) is 0 Å². The van der Waals surface area contributed by atoms with Crippen LogP contribution < -0.4 is 5.32 Å². The van der Waals surface area contributed by atoms with Crippen molar-refractivity contribution in [2.45, 2.75) is 45.6 Å². The van der Waals surface area contributed by atoms with Crippen molar-refractivity contribution in [2.75, 3.05) is 6.54 Å². The smallest absolute Gasteiger partial charge is 0.0205 e. The van der Waals surface area contributed by atoms with E-state index in [1.165, 1.54) is 16.7 Å². The van der Waals surface area contributed by atoms with Crippen LogP contribution in [0.15, 0.2) is 54.6 Å². The van der Waals surface area contributed by atoms with E-state index in [1.807, 2.05) is 0 Å². The average molecular weight is 281 g/mol. The normalized spacial score (nSPS) is 11.9. The van der Waals surface area contributed by atoms with Gasteiger partial charge in [-0.3, -0.25) is 0 Å². The summed E-state index contributed by atoms with van der Waals surface area (Å²) in [7, 11) is 0. The zero-order valence-corrected chi connectivity index (χ0v) is 13.7. The van der Waals surface area contributed by atoms with Gasteiger partial charge in [0.15, 0.2) is 0 Å². The minimum absolute atomic E-state index is 0.152. The van der Waals surface area contributed by atoms with E-state index in [4.69, 9.17) is 0 Å². The van der Waals surface area contributed by atoms with Crippen molar-refractivity contribution in [2.24, 2.45) is 0 Å². The summed E-state index contributed by atoms with van der Waals surface area (Å²) in [6, 6.07) is 19.7. The third kappa shape index (κ3) is 4.44. The molecule has 2 aromatic carbocycles. The molecule has 2 aromatic rings. The third-order valence-electron chi connectivity index (χ3n) is 4.10. The maximum Gasteiger partial charge on any atom is 0.0205 e. The Hall–Kier alpha value is -1.60. The number of hydrogen-bond donors (Lipinski definition) is 1. The van der Waals surface area contributed by atoms with Crippen molar-refractivity contribution >= 4 is 0 Å². The van der Waals surface area contributed by atoms with Crippen LogP contribution in [-0.4, -0.2) is 6.54 Å². The van der Waals surface area contributed by atoms with Crippen LogP contribution in [-0.2, 0) is 12.0 Å². The summed E-state index contributed by atoms with van der Waals surface area (Å²) in [5, 5.41) is 3.59. The Labute approximate surface area is 129 Å². The van der Waals surface area contributed by atoms with Gasteiger partial charge in [-0.15, -0.1) is 0 Å². The molecule has 0 saturated heterocycles. The summed E-state index contributed by atoms with van der Waals surface area (Å²) in [6.45, 7) is 10.9. The quantitative estimate of drug-likeness (QED) is 0.796. The van der Waals surface area contributed by atoms with Gasteiger partial charge in [0, 0.05) is 18.5 Å². The van der Waals surface area contributed by atoms with Crippen molar-refractivity contribution in [3.05, 3.63) is 71.3 Å². The molecular weight excluding hydrogens is 254 g/mol. The molecular formula is C20H27N. The molecule has 2 rings (SSSR count). The fourth-order valence-corrected chi connectivity index (χ4v) is 2.53. The predicted octanol–water partition coefficient (Wildman–Crippen LogP) is 4.88. The van der Waals surface area contributed by atoms with Crippen molar-refractivity contribution in [1.29, 1.82) is 0 Å².